The van der Waals surface area contributed by atoms with Crippen LogP contribution >= 0.6 is 0 Å². The van der Waals surface area contributed by atoms with Crippen molar-refractivity contribution in [1.29, 1.82) is 0 Å². The van der Waals surface area contributed by atoms with Crippen LogP contribution in [0.15, 0.2) is 17.4 Å². The quantitative estimate of drug-likeness (QED) is 0.675. The van der Waals surface area contributed by atoms with Crippen LogP contribution in [0.2, 0.25) is 0 Å². The van der Waals surface area contributed by atoms with Gasteiger partial charge in [0.1, 0.15) is 0 Å². The number of hydrogen-bond donors (Lipinski definition) is 1. The first-order chi connectivity index (χ1) is 9.69. The van der Waals surface area contributed by atoms with Gasteiger partial charge < -0.3 is 10.2 Å². The molecule has 1 aliphatic heterocycles. The minimum absolute atomic E-state index is 0.773. The standard InChI is InChI=1S/C15H27N5/c1-4-16-15(19-8-5-13(2)6-9-19)17-7-10-20-12-14(3)11-18-20/h11-13H,4-10H2,1-3H3,(H,16,17). The van der Waals surface area contributed by atoms with Crippen molar-refractivity contribution >= 4 is 5.96 Å². The van der Waals surface area contributed by atoms with Crippen LogP contribution in [-0.4, -0.2) is 46.8 Å². The maximum absolute atomic E-state index is 4.74. The Morgan fingerprint density at radius 1 is 1.45 bits per heavy atom. The second kappa shape index (κ2) is 7.31. The molecule has 1 aliphatic rings. The second-order valence-corrected chi connectivity index (χ2v) is 5.69. The number of nitrogens with one attached hydrogen (secondary N) is 1. The molecule has 0 bridgehead atoms. The molecule has 5 nitrogen and oxygen atoms in total. The van der Waals surface area contributed by atoms with Crippen molar-refractivity contribution in [1.82, 2.24) is 20.0 Å². The molecule has 2 rings (SSSR count). The number of guanidine groups is 1. The largest absolute Gasteiger partial charge is 0.357 e. The molecule has 20 heavy (non-hydrogen) atoms. The Balaban J connectivity index is 1.88. The third kappa shape index (κ3) is 4.25. The zero-order chi connectivity index (χ0) is 14.4. The lowest BCUT2D eigenvalue weighted by Gasteiger charge is -2.33. The molecule has 0 unspecified atom stereocenters. The number of rotatable bonds is 4. The third-order valence-electron chi connectivity index (χ3n) is 3.77. The summed E-state index contributed by atoms with van der Waals surface area (Å²) < 4.78 is 1.96. The van der Waals surface area contributed by atoms with E-state index in [9.17, 15) is 0 Å². The zero-order valence-electron chi connectivity index (χ0n) is 13.0. The maximum Gasteiger partial charge on any atom is 0.193 e. The molecule has 1 aromatic heterocycles. The van der Waals surface area contributed by atoms with Gasteiger partial charge in [-0.2, -0.15) is 5.10 Å². The van der Waals surface area contributed by atoms with Gasteiger partial charge in [0.25, 0.3) is 0 Å². The van der Waals surface area contributed by atoms with Gasteiger partial charge in [-0.1, -0.05) is 6.92 Å². The lowest BCUT2D eigenvalue weighted by atomic mass is 10.00. The van der Waals surface area contributed by atoms with Gasteiger partial charge >= 0.3 is 0 Å². The Labute approximate surface area is 122 Å². The Bertz CT molecular complexity index is 429. The van der Waals surface area contributed by atoms with Gasteiger partial charge in [0.05, 0.1) is 19.3 Å². The minimum Gasteiger partial charge on any atom is -0.357 e. The normalized spacial score (nSPS) is 17.6. The average Bonchev–Trinajstić information content (AvgIpc) is 2.84. The molecular formula is C15H27N5. The Morgan fingerprint density at radius 2 is 2.20 bits per heavy atom. The lowest BCUT2D eigenvalue weighted by Crippen LogP contribution is -2.45. The maximum atomic E-state index is 4.74. The van der Waals surface area contributed by atoms with Gasteiger partial charge in [-0.25, -0.2) is 0 Å². The van der Waals surface area contributed by atoms with Gasteiger partial charge in [-0.3, -0.25) is 9.67 Å². The molecule has 1 N–H and O–H groups in total. The minimum atomic E-state index is 0.773. The van der Waals surface area contributed by atoms with Crippen LogP contribution in [0.5, 0.6) is 0 Å². The first-order valence-electron chi connectivity index (χ1n) is 7.71. The van der Waals surface area contributed by atoms with E-state index in [1.54, 1.807) is 0 Å². The van der Waals surface area contributed by atoms with Crippen molar-refractivity contribution in [3.63, 3.8) is 0 Å². The Morgan fingerprint density at radius 3 is 2.80 bits per heavy atom. The number of nitrogens with zero attached hydrogens (tertiary/aromatic N) is 4. The summed E-state index contributed by atoms with van der Waals surface area (Å²) in [6, 6.07) is 0. The number of aliphatic imine (C=N–C) groups is 1. The fourth-order valence-electron chi connectivity index (χ4n) is 2.49. The van der Waals surface area contributed by atoms with E-state index in [2.05, 4.69) is 42.3 Å². The smallest absolute Gasteiger partial charge is 0.193 e. The number of aromatic nitrogens is 2. The molecule has 2 heterocycles. The first-order valence-corrected chi connectivity index (χ1v) is 7.71. The Hall–Kier alpha value is -1.52. The monoisotopic (exact) mass is 277 g/mol. The van der Waals surface area contributed by atoms with Crippen molar-refractivity contribution in [2.75, 3.05) is 26.2 Å². The summed E-state index contributed by atoms with van der Waals surface area (Å²) in [6.07, 6.45) is 6.48. The average molecular weight is 277 g/mol. The molecule has 112 valence electrons. The van der Waals surface area contributed by atoms with E-state index in [-0.39, 0.29) is 0 Å². The summed E-state index contributed by atoms with van der Waals surface area (Å²) in [4.78, 5) is 7.12. The van der Waals surface area contributed by atoms with Crippen LogP contribution in [0.4, 0.5) is 0 Å². The highest BCUT2D eigenvalue weighted by Gasteiger charge is 2.18. The van der Waals surface area contributed by atoms with Crippen molar-refractivity contribution in [3.05, 3.63) is 18.0 Å². The van der Waals surface area contributed by atoms with Gasteiger partial charge in [0.15, 0.2) is 5.96 Å². The summed E-state index contributed by atoms with van der Waals surface area (Å²) in [6.45, 7) is 11.3. The van der Waals surface area contributed by atoms with E-state index in [0.717, 1.165) is 44.6 Å². The molecular weight excluding hydrogens is 250 g/mol. The molecule has 1 aromatic rings. The molecule has 1 saturated heterocycles. The van der Waals surface area contributed by atoms with E-state index < -0.39 is 0 Å². The van der Waals surface area contributed by atoms with Gasteiger partial charge in [0, 0.05) is 25.8 Å². The van der Waals surface area contributed by atoms with Gasteiger partial charge in [-0.05, 0) is 38.2 Å². The number of likely N-dealkylation sites (tertiary alicyclic amines) is 1. The third-order valence-corrected chi connectivity index (χ3v) is 3.77. The molecule has 0 aromatic carbocycles. The van der Waals surface area contributed by atoms with Crippen LogP contribution in [0.1, 0.15) is 32.3 Å². The molecule has 0 spiro atoms. The molecule has 0 aliphatic carbocycles. The van der Waals surface area contributed by atoms with Crippen molar-refractivity contribution < 1.29 is 0 Å². The highest BCUT2D eigenvalue weighted by atomic mass is 15.3. The fourth-order valence-corrected chi connectivity index (χ4v) is 2.49. The molecule has 0 atom stereocenters. The summed E-state index contributed by atoms with van der Waals surface area (Å²) >= 11 is 0. The van der Waals surface area contributed by atoms with Crippen LogP contribution < -0.4 is 5.32 Å². The molecule has 0 radical (unpaired) electrons. The van der Waals surface area contributed by atoms with Crippen molar-refractivity contribution in [2.45, 2.75) is 40.2 Å². The predicted octanol–water partition coefficient (Wildman–Crippen LogP) is 1.89. The molecule has 0 saturated carbocycles. The van der Waals surface area contributed by atoms with Crippen molar-refractivity contribution in [2.24, 2.45) is 10.9 Å². The van der Waals surface area contributed by atoms with E-state index >= 15 is 0 Å². The Kier molecular flexibility index (Phi) is 5.44. The highest BCUT2D eigenvalue weighted by molar-refractivity contribution is 5.80. The van der Waals surface area contributed by atoms with E-state index in [1.807, 2.05) is 10.9 Å². The predicted molar refractivity (Wildman–Crippen MR) is 82.9 cm³/mol. The second-order valence-electron chi connectivity index (χ2n) is 5.69. The van der Waals surface area contributed by atoms with Crippen molar-refractivity contribution in [3.8, 4) is 0 Å². The highest BCUT2D eigenvalue weighted by Crippen LogP contribution is 2.15. The van der Waals surface area contributed by atoms with E-state index in [1.165, 1.54) is 18.4 Å². The summed E-state index contributed by atoms with van der Waals surface area (Å²) in [7, 11) is 0. The number of hydrogen-bond acceptors (Lipinski definition) is 2. The van der Waals surface area contributed by atoms with Crippen LogP contribution in [0, 0.1) is 12.8 Å². The van der Waals surface area contributed by atoms with Crippen LogP contribution in [0.3, 0.4) is 0 Å². The van der Waals surface area contributed by atoms with E-state index in [4.69, 9.17) is 4.99 Å². The number of aryl methyl sites for hydroxylation is 1. The molecule has 0 amide bonds. The summed E-state index contributed by atoms with van der Waals surface area (Å²) in [5.74, 6) is 1.91. The van der Waals surface area contributed by atoms with Crippen LogP contribution in [0.25, 0.3) is 0 Å². The van der Waals surface area contributed by atoms with Gasteiger partial charge in [-0.15, -0.1) is 0 Å². The fraction of sp³-hybridized carbons (Fsp3) is 0.733. The molecule has 5 heteroatoms. The first kappa shape index (κ1) is 14.9. The summed E-state index contributed by atoms with van der Waals surface area (Å²) in [5, 5.41) is 7.70. The van der Waals surface area contributed by atoms with Crippen LogP contribution in [-0.2, 0) is 6.54 Å². The van der Waals surface area contributed by atoms with Gasteiger partial charge in [0.2, 0.25) is 0 Å². The number of piperidine rings is 1. The lowest BCUT2D eigenvalue weighted by molar-refractivity contribution is 0.273. The molecule has 1 fully saturated rings. The zero-order valence-corrected chi connectivity index (χ0v) is 13.0. The SMILES string of the molecule is CCNC(=NCCn1cc(C)cn1)N1CCC(C)CC1. The topological polar surface area (TPSA) is 45.5 Å². The van der Waals surface area contributed by atoms with E-state index in [0.29, 0.717) is 0 Å². The summed E-state index contributed by atoms with van der Waals surface area (Å²) in [5.41, 5.74) is 1.20.